The van der Waals surface area contributed by atoms with Crippen molar-refractivity contribution in [3.05, 3.63) is 0 Å². The van der Waals surface area contributed by atoms with Crippen LogP contribution in [0.2, 0.25) is 0 Å². The van der Waals surface area contributed by atoms with Gasteiger partial charge >= 0.3 is 0 Å². The van der Waals surface area contributed by atoms with E-state index in [1.807, 2.05) is 6.92 Å². The van der Waals surface area contributed by atoms with Gasteiger partial charge in [-0.2, -0.15) is 0 Å². The molecule has 116 valence electrons. The van der Waals surface area contributed by atoms with Crippen LogP contribution in [0.3, 0.4) is 0 Å². The van der Waals surface area contributed by atoms with Crippen molar-refractivity contribution in [2.75, 3.05) is 26.8 Å². The average molecular weight is 288 g/mol. The SMILES string of the molecule is CCCC(C(=O)NCCC(=O)NCCOC)C(N)=NO. The third-order valence-corrected chi connectivity index (χ3v) is 2.65. The molecule has 0 rings (SSSR count). The number of nitrogens with two attached hydrogens (primary N) is 1. The maximum Gasteiger partial charge on any atom is 0.230 e. The molecule has 0 radical (unpaired) electrons. The highest BCUT2D eigenvalue weighted by molar-refractivity contribution is 6.02. The Labute approximate surface area is 118 Å². The van der Waals surface area contributed by atoms with Gasteiger partial charge in [-0.15, -0.1) is 0 Å². The predicted molar refractivity (Wildman–Crippen MR) is 74.3 cm³/mol. The molecule has 1 atom stereocenters. The highest BCUT2D eigenvalue weighted by Crippen LogP contribution is 2.06. The van der Waals surface area contributed by atoms with Crippen molar-refractivity contribution < 1.29 is 19.5 Å². The fraction of sp³-hybridized carbons (Fsp3) is 0.750. The molecule has 0 aromatic heterocycles. The van der Waals surface area contributed by atoms with Crippen LogP contribution in [0, 0.1) is 5.92 Å². The highest BCUT2D eigenvalue weighted by Gasteiger charge is 2.21. The van der Waals surface area contributed by atoms with Crippen LogP contribution in [0.4, 0.5) is 0 Å². The van der Waals surface area contributed by atoms with E-state index in [2.05, 4.69) is 15.8 Å². The van der Waals surface area contributed by atoms with E-state index in [0.29, 0.717) is 19.6 Å². The second-order valence-electron chi connectivity index (χ2n) is 4.25. The molecular weight excluding hydrogens is 264 g/mol. The third-order valence-electron chi connectivity index (χ3n) is 2.65. The standard InChI is InChI=1S/C12H24N4O4/c1-3-4-9(11(13)16-19)12(18)15-6-5-10(17)14-7-8-20-2/h9,19H,3-8H2,1-2H3,(H2,13,16)(H,14,17)(H,15,18). The van der Waals surface area contributed by atoms with E-state index in [1.165, 1.54) is 0 Å². The summed E-state index contributed by atoms with van der Waals surface area (Å²) in [7, 11) is 1.55. The maximum atomic E-state index is 11.8. The molecule has 5 N–H and O–H groups in total. The lowest BCUT2D eigenvalue weighted by atomic mass is 10.0. The number of rotatable bonds is 10. The van der Waals surface area contributed by atoms with E-state index in [-0.39, 0.29) is 30.6 Å². The molecule has 0 spiro atoms. The molecule has 0 aromatic carbocycles. The first kappa shape index (κ1) is 18.2. The Hall–Kier alpha value is -1.83. The van der Waals surface area contributed by atoms with Gasteiger partial charge in [-0.1, -0.05) is 18.5 Å². The van der Waals surface area contributed by atoms with E-state index in [9.17, 15) is 9.59 Å². The molecule has 2 amide bonds. The van der Waals surface area contributed by atoms with E-state index >= 15 is 0 Å². The van der Waals surface area contributed by atoms with Crippen LogP contribution in [-0.2, 0) is 14.3 Å². The Morgan fingerprint density at radius 1 is 1.35 bits per heavy atom. The largest absolute Gasteiger partial charge is 0.409 e. The number of nitrogens with zero attached hydrogens (tertiary/aromatic N) is 1. The molecule has 0 aliphatic carbocycles. The Morgan fingerprint density at radius 2 is 2.05 bits per heavy atom. The lowest BCUT2D eigenvalue weighted by Crippen LogP contribution is -2.40. The van der Waals surface area contributed by atoms with Crippen LogP contribution in [0.5, 0.6) is 0 Å². The molecule has 0 aromatic rings. The molecule has 0 saturated heterocycles. The number of nitrogens with one attached hydrogen (secondary N) is 2. The smallest absolute Gasteiger partial charge is 0.230 e. The summed E-state index contributed by atoms with van der Waals surface area (Å²) in [5.41, 5.74) is 5.46. The molecule has 1 unspecified atom stereocenters. The molecule has 8 nitrogen and oxygen atoms in total. The van der Waals surface area contributed by atoms with Crippen molar-refractivity contribution in [3.63, 3.8) is 0 Å². The minimum Gasteiger partial charge on any atom is -0.409 e. The molecule has 0 bridgehead atoms. The predicted octanol–water partition coefficient (Wildman–Crippen LogP) is -0.582. The van der Waals surface area contributed by atoms with E-state index in [4.69, 9.17) is 15.7 Å². The highest BCUT2D eigenvalue weighted by atomic mass is 16.5. The van der Waals surface area contributed by atoms with Gasteiger partial charge in [0.1, 0.15) is 0 Å². The van der Waals surface area contributed by atoms with Gasteiger partial charge in [0.25, 0.3) is 0 Å². The number of methoxy groups -OCH3 is 1. The number of ether oxygens (including phenoxy) is 1. The Balaban J connectivity index is 4.04. The zero-order chi connectivity index (χ0) is 15.4. The molecule has 8 heteroatoms. The first-order valence-electron chi connectivity index (χ1n) is 6.57. The average Bonchev–Trinajstić information content (AvgIpc) is 2.44. The van der Waals surface area contributed by atoms with Crippen molar-refractivity contribution in [1.82, 2.24) is 10.6 Å². The van der Waals surface area contributed by atoms with Gasteiger partial charge in [-0.25, -0.2) is 0 Å². The van der Waals surface area contributed by atoms with Crippen LogP contribution in [0.1, 0.15) is 26.2 Å². The number of oxime groups is 1. The topological polar surface area (TPSA) is 126 Å². The number of carbonyl (C=O) groups is 2. The number of hydrogen-bond donors (Lipinski definition) is 4. The third kappa shape index (κ3) is 7.57. The molecule has 0 aliphatic heterocycles. The lowest BCUT2D eigenvalue weighted by Gasteiger charge is -2.14. The second kappa shape index (κ2) is 11.0. The Bertz CT molecular complexity index is 333. The van der Waals surface area contributed by atoms with Gasteiger partial charge in [0.05, 0.1) is 12.5 Å². The van der Waals surface area contributed by atoms with Gasteiger partial charge < -0.3 is 26.3 Å². The van der Waals surface area contributed by atoms with Crippen LogP contribution >= 0.6 is 0 Å². The van der Waals surface area contributed by atoms with Crippen LogP contribution in [0.15, 0.2) is 5.16 Å². The normalized spacial score (nSPS) is 12.8. The van der Waals surface area contributed by atoms with Crippen molar-refractivity contribution in [2.24, 2.45) is 16.8 Å². The molecule has 0 fully saturated rings. The number of amidine groups is 1. The van der Waals surface area contributed by atoms with Crippen molar-refractivity contribution >= 4 is 17.6 Å². The van der Waals surface area contributed by atoms with Crippen LogP contribution in [-0.4, -0.2) is 49.7 Å². The molecular formula is C12H24N4O4. The molecule has 0 saturated carbocycles. The lowest BCUT2D eigenvalue weighted by molar-refractivity contribution is -0.123. The Morgan fingerprint density at radius 3 is 2.60 bits per heavy atom. The maximum absolute atomic E-state index is 11.8. The fourth-order valence-electron chi connectivity index (χ4n) is 1.57. The number of amides is 2. The summed E-state index contributed by atoms with van der Waals surface area (Å²) < 4.78 is 4.80. The first-order chi connectivity index (χ1) is 9.56. The van der Waals surface area contributed by atoms with Crippen molar-refractivity contribution in [3.8, 4) is 0 Å². The Kier molecular flexibility index (Phi) is 10.0. The zero-order valence-electron chi connectivity index (χ0n) is 12.0. The zero-order valence-corrected chi connectivity index (χ0v) is 12.0. The van der Waals surface area contributed by atoms with Crippen molar-refractivity contribution in [2.45, 2.75) is 26.2 Å². The van der Waals surface area contributed by atoms with Crippen molar-refractivity contribution in [1.29, 1.82) is 0 Å². The van der Waals surface area contributed by atoms with Gasteiger partial charge in [0.15, 0.2) is 5.84 Å². The summed E-state index contributed by atoms with van der Waals surface area (Å²) in [5, 5.41) is 16.7. The minimum absolute atomic E-state index is 0.117. The quantitative estimate of drug-likeness (QED) is 0.141. The summed E-state index contributed by atoms with van der Waals surface area (Å²) in [5.74, 6) is -1.29. The second-order valence-corrected chi connectivity index (χ2v) is 4.25. The van der Waals surface area contributed by atoms with Gasteiger partial charge in [-0.3, -0.25) is 9.59 Å². The minimum atomic E-state index is -0.665. The first-order valence-corrected chi connectivity index (χ1v) is 6.57. The van der Waals surface area contributed by atoms with E-state index in [0.717, 1.165) is 6.42 Å². The van der Waals surface area contributed by atoms with Gasteiger partial charge in [0.2, 0.25) is 11.8 Å². The molecule has 20 heavy (non-hydrogen) atoms. The monoisotopic (exact) mass is 288 g/mol. The number of hydrogen-bond acceptors (Lipinski definition) is 5. The van der Waals surface area contributed by atoms with Gasteiger partial charge in [-0.05, 0) is 6.42 Å². The summed E-state index contributed by atoms with van der Waals surface area (Å²) in [4.78, 5) is 23.2. The van der Waals surface area contributed by atoms with Crippen LogP contribution < -0.4 is 16.4 Å². The van der Waals surface area contributed by atoms with E-state index < -0.39 is 5.92 Å². The number of carbonyl (C=O) groups excluding carboxylic acids is 2. The fourth-order valence-corrected chi connectivity index (χ4v) is 1.57. The molecule has 0 aliphatic rings. The summed E-state index contributed by atoms with van der Waals surface area (Å²) in [6.07, 6.45) is 1.39. The molecule has 0 heterocycles. The summed E-state index contributed by atoms with van der Waals surface area (Å²) >= 11 is 0. The van der Waals surface area contributed by atoms with Crippen LogP contribution in [0.25, 0.3) is 0 Å². The van der Waals surface area contributed by atoms with Gasteiger partial charge in [0, 0.05) is 26.6 Å². The van der Waals surface area contributed by atoms with E-state index in [1.54, 1.807) is 7.11 Å². The summed E-state index contributed by atoms with van der Waals surface area (Å²) in [6, 6.07) is 0. The summed E-state index contributed by atoms with van der Waals surface area (Å²) in [6.45, 7) is 2.98.